The Morgan fingerprint density at radius 3 is 2.38 bits per heavy atom. The molecular formula is C15H14N2O7. The SMILES string of the molecule is COc1cccc(C=C2C(=O)NC(=O)NC2=O)c1O[C@H](C)C(=O)O. The van der Waals surface area contributed by atoms with Gasteiger partial charge < -0.3 is 14.6 Å². The molecule has 0 unspecified atom stereocenters. The molecule has 4 amide bonds. The Hall–Kier alpha value is -3.36. The van der Waals surface area contributed by atoms with Crippen LogP contribution in [0.2, 0.25) is 0 Å². The number of ether oxygens (including phenoxy) is 2. The van der Waals surface area contributed by atoms with Crippen LogP contribution in [-0.2, 0) is 14.4 Å². The van der Waals surface area contributed by atoms with Gasteiger partial charge in [0.2, 0.25) is 0 Å². The Morgan fingerprint density at radius 2 is 1.83 bits per heavy atom. The van der Waals surface area contributed by atoms with Crippen molar-refractivity contribution in [1.29, 1.82) is 0 Å². The number of rotatable bonds is 5. The third-order valence-electron chi connectivity index (χ3n) is 3.11. The molecule has 24 heavy (non-hydrogen) atoms. The molecule has 1 heterocycles. The van der Waals surface area contributed by atoms with E-state index in [4.69, 9.17) is 14.6 Å². The molecule has 9 heteroatoms. The predicted octanol–water partition coefficient (Wildman–Crippen LogP) is 0.296. The first kappa shape index (κ1) is 17.0. The van der Waals surface area contributed by atoms with Crippen LogP contribution in [0.25, 0.3) is 6.08 Å². The van der Waals surface area contributed by atoms with Crippen molar-refractivity contribution in [3.63, 3.8) is 0 Å². The summed E-state index contributed by atoms with van der Waals surface area (Å²) >= 11 is 0. The van der Waals surface area contributed by atoms with Crippen molar-refractivity contribution in [2.24, 2.45) is 0 Å². The quantitative estimate of drug-likeness (QED) is 0.521. The van der Waals surface area contributed by atoms with Gasteiger partial charge in [0.05, 0.1) is 7.11 Å². The molecule has 1 aromatic carbocycles. The lowest BCUT2D eigenvalue weighted by atomic mass is 10.1. The van der Waals surface area contributed by atoms with Gasteiger partial charge in [0.25, 0.3) is 11.8 Å². The zero-order valence-corrected chi connectivity index (χ0v) is 12.8. The molecule has 1 aliphatic rings. The Morgan fingerprint density at radius 1 is 1.21 bits per heavy atom. The number of hydrogen-bond acceptors (Lipinski definition) is 6. The summed E-state index contributed by atoms with van der Waals surface area (Å²) < 4.78 is 10.5. The molecular weight excluding hydrogens is 320 g/mol. The number of carboxylic acid groups (broad SMARTS) is 1. The van der Waals surface area contributed by atoms with Gasteiger partial charge in [-0.3, -0.25) is 20.2 Å². The van der Waals surface area contributed by atoms with Crippen LogP contribution in [0.5, 0.6) is 11.5 Å². The predicted molar refractivity (Wildman–Crippen MR) is 80.4 cm³/mol. The standard InChI is InChI=1S/C15H14N2O7/c1-7(14(20)21)24-11-8(4-3-5-10(11)23-2)6-9-12(18)16-15(22)17-13(9)19/h3-7H,1-2H3,(H,20,21)(H2,16,17,18,19,22)/t7-/m1/s1. The summed E-state index contributed by atoms with van der Waals surface area (Å²) in [4.78, 5) is 45.6. The van der Waals surface area contributed by atoms with Crippen molar-refractivity contribution >= 4 is 29.9 Å². The van der Waals surface area contributed by atoms with Gasteiger partial charge in [-0.2, -0.15) is 0 Å². The highest BCUT2D eigenvalue weighted by molar-refractivity contribution is 6.31. The molecule has 0 bridgehead atoms. The van der Waals surface area contributed by atoms with Gasteiger partial charge >= 0.3 is 12.0 Å². The van der Waals surface area contributed by atoms with Gasteiger partial charge in [0.15, 0.2) is 17.6 Å². The zero-order valence-electron chi connectivity index (χ0n) is 12.8. The van der Waals surface area contributed by atoms with E-state index < -0.39 is 29.9 Å². The van der Waals surface area contributed by atoms with Crippen molar-refractivity contribution in [2.45, 2.75) is 13.0 Å². The molecule has 0 radical (unpaired) electrons. The van der Waals surface area contributed by atoms with Crippen molar-refractivity contribution < 1.29 is 33.8 Å². The van der Waals surface area contributed by atoms with Gasteiger partial charge in [-0.25, -0.2) is 9.59 Å². The smallest absolute Gasteiger partial charge is 0.344 e. The monoisotopic (exact) mass is 334 g/mol. The van der Waals surface area contributed by atoms with Crippen molar-refractivity contribution in [2.75, 3.05) is 7.11 Å². The highest BCUT2D eigenvalue weighted by Crippen LogP contribution is 2.33. The number of methoxy groups -OCH3 is 1. The fourth-order valence-electron chi connectivity index (χ4n) is 1.92. The number of imide groups is 2. The maximum Gasteiger partial charge on any atom is 0.344 e. The largest absolute Gasteiger partial charge is 0.493 e. The molecule has 0 aliphatic carbocycles. The number of carbonyl (C=O) groups is 4. The summed E-state index contributed by atoms with van der Waals surface area (Å²) in [5.41, 5.74) is -0.0761. The fourth-order valence-corrected chi connectivity index (χ4v) is 1.92. The van der Waals surface area contributed by atoms with E-state index in [0.717, 1.165) is 0 Å². The van der Waals surface area contributed by atoms with E-state index in [9.17, 15) is 19.2 Å². The summed E-state index contributed by atoms with van der Waals surface area (Å²) in [5, 5.41) is 12.9. The van der Waals surface area contributed by atoms with Crippen LogP contribution in [0, 0.1) is 0 Å². The third-order valence-corrected chi connectivity index (χ3v) is 3.11. The molecule has 1 aliphatic heterocycles. The molecule has 9 nitrogen and oxygen atoms in total. The minimum Gasteiger partial charge on any atom is -0.493 e. The molecule has 1 atom stereocenters. The second-order valence-electron chi connectivity index (χ2n) is 4.77. The van der Waals surface area contributed by atoms with Crippen molar-refractivity contribution in [1.82, 2.24) is 10.6 Å². The lowest BCUT2D eigenvalue weighted by Gasteiger charge is -2.18. The van der Waals surface area contributed by atoms with Crippen LogP contribution in [-0.4, -0.2) is 42.1 Å². The molecule has 1 aromatic rings. The minimum absolute atomic E-state index is 0.0555. The Bertz CT molecular complexity index is 732. The number of nitrogens with one attached hydrogen (secondary N) is 2. The number of amides is 4. The average Bonchev–Trinajstić information content (AvgIpc) is 2.51. The topological polar surface area (TPSA) is 131 Å². The number of carbonyl (C=O) groups excluding carboxylic acids is 3. The van der Waals surface area contributed by atoms with E-state index in [1.54, 1.807) is 6.07 Å². The number of aliphatic carboxylic acids is 1. The lowest BCUT2D eigenvalue weighted by Crippen LogP contribution is -2.51. The van der Waals surface area contributed by atoms with Crippen molar-refractivity contribution in [3.8, 4) is 11.5 Å². The van der Waals surface area contributed by atoms with Gasteiger partial charge in [0.1, 0.15) is 5.57 Å². The molecule has 1 saturated heterocycles. The number of hydrogen-bond donors (Lipinski definition) is 3. The zero-order chi connectivity index (χ0) is 17.9. The highest BCUT2D eigenvalue weighted by atomic mass is 16.5. The van der Waals surface area contributed by atoms with Crippen LogP contribution in [0.15, 0.2) is 23.8 Å². The van der Waals surface area contributed by atoms with Gasteiger partial charge in [-0.05, 0) is 19.1 Å². The maximum absolute atomic E-state index is 11.8. The second-order valence-corrected chi connectivity index (χ2v) is 4.77. The van der Waals surface area contributed by atoms with Crippen molar-refractivity contribution in [3.05, 3.63) is 29.3 Å². The van der Waals surface area contributed by atoms with Crippen LogP contribution < -0.4 is 20.1 Å². The maximum atomic E-state index is 11.8. The van der Waals surface area contributed by atoms with E-state index in [-0.39, 0.29) is 22.6 Å². The number of carboxylic acids is 1. The third kappa shape index (κ3) is 3.51. The molecule has 1 fully saturated rings. The summed E-state index contributed by atoms with van der Waals surface area (Å²) in [7, 11) is 1.36. The number of barbiturate groups is 1. The van der Waals surface area contributed by atoms with Crippen LogP contribution in [0.4, 0.5) is 4.79 Å². The van der Waals surface area contributed by atoms with E-state index in [1.165, 1.54) is 32.2 Å². The fraction of sp³-hybridized carbons (Fsp3) is 0.200. The van der Waals surface area contributed by atoms with E-state index in [2.05, 4.69) is 0 Å². The van der Waals surface area contributed by atoms with Gasteiger partial charge in [-0.15, -0.1) is 0 Å². The molecule has 126 valence electrons. The molecule has 0 saturated carbocycles. The lowest BCUT2D eigenvalue weighted by molar-refractivity contribution is -0.144. The van der Waals surface area contributed by atoms with E-state index in [1.807, 2.05) is 10.6 Å². The summed E-state index contributed by atoms with van der Waals surface area (Å²) in [6.45, 7) is 1.32. The number of benzene rings is 1. The first-order valence-corrected chi connectivity index (χ1v) is 6.78. The first-order valence-electron chi connectivity index (χ1n) is 6.78. The molecule has 0 aromatic heterocycles. The van der Waals surface area contributed by atoms with Crippen LogP contribution in [0.3, 0.4) is 0 Å². The van der Waals surface area contributed by atoms with E-state index in [0.29, 0.717) is 0 Å². The number of urea groups is 1. The first-order chi connectivity index (χ1) is 11.3. The van der Waals surface area contributed by atoms with Crippen LogP contribution in [0.1, 0.15) is 12.5 Å². The van der Waals surface area contributed by atoms with Gasteiger partial charge in [-0.1, -0.05) is 12.1 Å². The minimum atomic E-state index is -1.20. The van der Waals surface area contributed by atoms with E-state index >= 15 is 0 Å². The normalized spacial score (nSPS) is 15.2. The Labute approximate surface area is 136 Å². The number of para-hydroxylation sites is 1. The summed E-state index contributed by atoms with van der Waals surface area (Å²) in [6, 6.07) is 3.71. The summed E-state index contributed by atoms with van der Waals surface area (Å²) in [5.74, 6) is -2.66. The van der Waals surface area contributed by atoms with Gasteiger partial charge in [0, 0.05) is 5.56 Å². The molecule has 0 spiro atoms. The highest BCUT2D eigenvalue weighted by Gasteiger charge is 2.28. The Balaban J connectivity index is 2.48. The Kier molecular flexibility index (Phi) is 4.83. The average molecular weight is 334 g/mol. The molecule has 3 N–H and O–H groups in total. The van der Waals surface area contributed by atoms with Crippen LogP contribution >= 0.6 is 0 Å². The second kappa shape index (κ2) is 6.82. The summed E-state index contributed by atoms with van der Waals surface area (Å²) in [6.07, 6.45) is -0.00202. The molecule has 2 rings (SSSR count).